The van der Waals surface area contributed by atoms with Crippen molar-refractivity contribution in [1.29, 1.82) is 0 Å². The van der Waals surface area contributed by atoms with Crippen LogP contribution in [0.15, 0.2) is 103 Å². The lowest BCUT2D eigenvalue weighted by Crippen LogP contribution is -2.48. The summed E-state index contributed by atoms with van der Waals surface area (Å²) in [5, 5.41) is 0. The molecule has 6 nitrogen and oxygen atoms in total. The Kier molecular flexibility index (Phi) is 10.7. The molecule has 4 aromatic carbocycles. The Hall–Kier alpha value is -4.92. The molecule has 1 heterocycles. The van der Waals surface area contributed by atoms with E-state index in [9.17, 15) is 27.6 Å². The van der Waals surface area contributed by atoms with Crippen molar-refractivity contribution in [3.63, 3.8) is 0 Å². The first kappa shape index (κ1) is 34.9. The van der Waals surface area contributed by atoms with E-state index in [1.807, 2.05) is 59.5 Å². The largest absolute Gasteiger partial charge is 0.469 e. The zero-order valence-electron chi connectivity index (χ0n) is 28.1. The van der Waals surface area contributed by atoms with E-state index >= 15 is 0 Å². The van der Waals surface area contributed by atoms with Crippen LogP contribution in [0, 0.1) is 5.92 Å². The van der Waals surface area contributed by atoms with Crippen LogP contribution in [-0.4, -0.2) is 53.8 Å². The average Bonchev–Trinajstić information content (AvgIpc) is 3.86. The molecular formula is C41H41F3N2O4. The number of ether oxygens (including phenoxy) is 1. The minimum absolute atomic E-state index is 0.00823. The maximum atomic E-state index is 14.6. The maximum absolute atomic E-state index is 14.6. The third-order valence-corrected chi connectivity index (χ3v) is 10.1. The van der Waals surface area contributed by atoms with E-state index in [0.29, 0.717) is 23.2 Å². The number of halogens is 3. The highest BCUT2D eigenvalue weighted by atomic mass is 19.4. The van der Waals surface area contributed by atoms with Crippen molar-refractivity contribution in [2.45, 2.75) is 63.2 Å². The molecule has 1 unspecified atom stereocenters. The number of alkyl halides is 3. The van der Waals surface area contributed by atoms with E-state index in [2.05, 4.69) is 0 Å². The molecule has 0 aromatic heterocycles. The summed E-state index contributed by atoms with van der Waals surface area (Å²) < 4.78 is 44.5. The first-order valence-electron chi connectivity index (χ1n) is 17.2. The summed E-state index contributed by atoms with van der Waals surface area (Å²) in [4.78, 5) is 44.8. The predicted molar refractivity (Wildman–Crippen MR) is 186 cm³/mol. The second kappa shape index (κ2) is 15.3. The minimum Gasteiger partial charge on any atom is -0.469 e. The van der Waals surface area contributed by atoms with Crippen LogP contribution in [0.4, 0.5) is 13.2 Å². The molecule has 4 aromatic rings. The molecule has 1 saturated carbocycles. The SMILES string of the molecule is COC(=O)CC(c1ccc(-c2ccccc2)cc1)N(C[C@@H]1CCCN1C(=O)C1CCCC1)C(=O)c1ccc(-c2ccc(C(F)(F)F)cc2)cc1. The third kappa shape index (κ3) is 7.93. The number of hydrogen-bond acceptors (Lipinski definition) is 4. The first-order valence-corrected chi connectivity index (χ1v) is 17.2. The standard InChI is InChI=1S/C41H41F3N2O4/c1-50-38(47)26-37(32-17-13-29(14-18-32)28-8-3-2-4-9-28)46(27-36-12-7-25-45(36)39(48)33-10-5-6-11-33)40(49)34-19-15-30(16-20-34)31-21-23-35(24-22-31)41(42,43)44/h2-4,8-9,13-24,33,36-37H,5-7,10-12,25-27H2,1H3/t36-,37?/m0/s1. The fraction of sp³-hybridized carbons (Fsp3) is 0.341. The molecule has 2 amide bonds. The van der Waals surface area contributed by atoms with Crippen LogP contribution in [0.1, 0.15) is 72.5 Å². The van der Waals surface area contributed by atoms with Gasteiger partial charge in [-0.1, -0.05) is 91.7 Å². The topological polar surface area (TPSA) is 66.9 Å². The van der Waals surface area contributed by atoms with Crippen LogP contribution >= 0.6 is 0 Å². The zero-order valence-corrected chi connectivity index (χ0v) is 28.1. The summed E-state index contributed by atoms with van der Waals surface area (Å²) in [6.45, 7) is 0.872. The lowest BCUT2D eigenvalue weighted by Gasteiger charge is -2.37. The summed E-state index contributed by atoms with van der Waals surface area (Å²) in [7, 11) is 1.32. The van der Waals surface area contributed by atoms with Crippen LogP contribution in [0.25, 0.3) is 22.3 Å². The van der Waals surface area contributed by atoms with Crippen molar-refractivity contribution >= 4 is 17.8 Å². The molecule has 1 aliphatic carbocycles. The van der Waals surface area contributed by atoms with Crippen molar-refractivity contribution in [1.82, 2.24) is 9.80 Å². The first-order chi connectivity index (χ1) is 24.1. The molecule has 0 N–H and O–H groups in total. The summed E-state index contributed by atoms with van der Waals surface area (Å²) >= 11 is 0. The van der Waals surface area contributed by atoms with Gasteiger partial charge >= 0.3 is 12.1 Å². The van der Waals surface area contributed by atoms with Crippen molar-refractivity contribution in [3.8, 4) is 22.3 Å². The van der Waals surface area contributed by atoms with Crippen LogP contribution in [-0.2, 0) is 20.5 Å². The van der Waals surface area contributed by atoms with Crippen LogP contribution in [0.2, 0.25) is 0 Å². The quantitative estimate of drug-likeness (QED) is 0.157. The van der Waals surface area contributed by atoms with Gasteiger partial charge < -0.3 is 14.5 Å². The van der Waals surface area contributed by atoms with E-state index in [0.717, 1.165) is 67.3 Å². The van der Waals surface area contributed by atoms with Crippen LogP contribution < -0.4 is 0 Å². The van der Waals surface area contributed by atoms with Crippen molar-refractivity contribution in [3.05, 3.63) is 120 Å². The van der Waals surface area contributed by atoms with E-state index in [4.69, 9.17) is 4.74 Å². The molecule has 2 fully saturated rings. The molecule has 1 aliphatic heterocycles. The molecule has 2 atom stereocenters. The van der Waals surface area contributed by atoms with Gasteiger partial charge in [0.25, 0.3) is 5.91 Å². The van der Waals surface area contributed by atoms with E-state index in [1.165, 1.54) is 19.2 Å². The molecule has 0 spiro atoms. The Morgan fingerprint density at radius 3 is 1.90 bits per heavy atom. The lowest BCUT2D eigenvalue weighted by atomic mass is 9.96. The summed E-state index contributed by atoms with van der Waals surface area (Å²) in [6.07, 6.45) is 0.915. The molecule has 6 rings (SSSR count). The lowest BCUT2D eigenvalue weighted by molar-refractivity contribution is -0.142. The molecule has 1 saturated heterocycles. The van der Waals surface area contributed by atoms with E-state index in [1.54, 1.807) is 29.2 Å². The number of methoxy groups -OCH3 is 1. The van der Waals surface area contributed by atoms with Crippen LogP contribution in [0.3, 0.4) is 0 Å². The Bertz CT molecular complexity index is 1770. The highest BCUT2D eigenvalue weighted by molar-refractivity contribution is 5.95. The highest BCUT2D eigenvalue weighted by Crippen LogP contribution is 2.35. The number of hydrogen-bond donors (Lipinski definition) is 0. The van der Waals surface area contributed by atoms with Gasteiger partial charge in [-0.3, -0.25) is 14.4 Å². The molecule has 0 radical (unpaired) electrons. The number of rotatable bonds is 10. The summed E-state index contributed by atoms with van der Waals surface area (Å²) in [5.41, 5.74) is 3.67. The van der Waals surface area contributed by atoms with Gasteiger partial charge in [-0.05, 0) is 77.8 Å². The van der Waals surface area contributed by atoms with Gasteiger partial charge in [0.05, 0.1) is 25.1 Å². The number of nitrogens with zero attached hydrogens (tertiary/aromatic N) is 2. The monoisotopic (exact) mass is 682 g/mol. The smallest absolute Gasteiger partial charge is 0.416 e. The van der Waals surface area contributed by atoms with E-state index < -0.39 is 23.8 Å². The molecular weight excluding hydrogens is 641 g/mol. The predicted octanol–water partition coefficient (Wildman–Crippen LogP) is 8.97. The summed E-state index contributed by atoms with van der Waals surface area (Å²) in [5.74, 6) is -0.628. The van der Waals surface area contributed by atoms with Gasteiger partial charge in [0.2, 0.25) is 5.91 Å². The Morgan fingerprint density at radius 2 is 1.32 bits per heavy atom. The number of benzene rings is 4. The fourth-order valence-corrected chi connectivity index (χ4v) is 7.30. The molecule has 260 valence electrons. The minimum atomic E-state index is -4.43. The van der Waals surface area contributed by atoms with Crippen molar-refractivity contribution in [2.75, 3.05) is 20.2 Å². The Morgan fingerprint density at radius 1 is 0.760 bits per heavy atom. The summed E-state index contributed by atoms with van der Waals surface area (Å²) in [6, 6.07) is 28.5. The highest BCUT2D eigenvalue weighted by Gasteiger charge is 2.38. The van der Waals surface area contributed by atoms with Gasteiger partial charge in [0.15, 0.2) is 0 Å². The molecule has 0 bridgehead atoms. The zero-order chi connectivity index (χ0) is 35.3. The third-order valence-electron chi connectivity index (χ3n) is 10.1. The molecule has 9 heteroatoms. The molecule has 50 heavy (non-hydrogen) atoms. The average molecular weight is 683 g/mol. The van der Waals surface area contributed by atoms with Gasteiger partial charge in [0.1, 0.15) is 0 Å². The maximum Gasteiger partial charge on any atom is 0.416 e. The number of amides is 2. The number of carbonyl (C=O) groups excluding carboxylic acids is 3. The van der Waals surface area contributed by atoms with Gasteiger partial charge in [-0.25, -0.2) is 0 Å². The number of likely N-dealkylation sites (tertiary alicyclic amines) is 1. The van der Waals surface area contributed by atoms with Crippen LogP contribution in [0.5, 0.6) is 0 Å². The van der Waals surface area contributed by atoms with Gasteiger partial charge in [-0.15, -0.1) is 0 Å². The Labute approximate surface area is 290 Å². The van der Waals surface area contributed by atoms with Crippen molar-refractivity contribution in [2.24, 2.45) is 5.92 Å². The van der Waals surface area contributed by atoms with Gasteiger partial charge in [0, 0.05) is 30.6 Å². The Balaban J connectivity index is 1.34. The fourth-order valence-electron chi connectivity index (χ4n) is 7.30. The van der Waals surface area contributed by atoms with Gasteiger partial charge in [-0.2, -0.15) is 13.2 Å². The second-order valence-electron chi connectivity index (χ2n) is 13.2. The number of carbonyl (C=O) groups is 3. The normalized spacial score (nSPS) is 17.0. The van der Waals surface area contributed by atoms with E-state index in [-0.39, 0.29) is 36.7 Å². The number of esters is 1. The van der Waals surface area contributed by atoms with Crippen molar-refractivity contribution < 1.29 is 32.3 Å². The second-order valence-corrected chi connectivity index (χ2v) is 13.2. The molecule has 2 aliphatic rings.